The number of aromatic nitrogens is 1. The third kappa shape index (κ3) is 3.25. The molecule has 0 spiro atoms. The molecule has 0 bridgehead atoms. The number of amides is 1. The Morgan fingerprint density at radius 2 is 1.88 bits per heavy atom. The molecule has 124 valence electrons. The van der Waals surface area contributed by atoms with E-state index in [-0.39, 0.29) is 18.4 Å². The maximum atomic E-state index is 12.2. The van der Waals surface area contributed by atoms with Crippen molar-refractivity contribution in [3.63, 3.8) is 0 Å². The third-order valence-electron chi connectivity index (χ3n) is 4.17. The van der Waals surface area contributed by atoms with Crippen molar-refractivity contribution in [1.29, 1.82) is 0 Å². The van der Waals surface area contributed by atoms with Crippen molar-refractivity contribution in [3.8, 4) is 0 Å². The van der Waals surface area contributed by atoms with Gasteiger partial charge in [0.2, 0.25) is 5.91 Å². The number of rotatable bonds is 5. The quantitative estimate of drug-likeness (QED) is 0.784. The molecule has 1 aromatic heterocycles. The maximum absolute atomic E-state index is 12.2. The van der Waals surface area contributed by atoms with Crippen LogP contribution >= 0.6 is 0 Å². The van der Waals surface area contributed by atoms with Gasteiger partial charge in [-0.25, -0.2) is 4.79 Å². The van der Waals surface area contributed by atoms with E-state index in [1.54, 1.807) is 6.07 Å². The van der Waals surface area contributed by atoms with Crippen molar-refractivity contribution in [1.82, 2.24) is 9.88 Å². The van der Waals surface area contributed by atoms with Crippen molar-refractivity contribution < 1.29 is 9.21 Å². The SMILES string of the molecule is Cc1ccccc1C(C)NC(=O)CCn1c(=O)oc2ccccc21. The number of para-hydroxylation sites is 2. The Balaban J connectivity index is 1.66. The van der Waals surface area contributed by atoms with E-state index in [1.807, 2.05) is 56.3 Å². The number of carbonyl (C=O) groups excluding carboxylic acids is 1. The van der Waals surface area contributed by atoms with Gasteiger partial charge in [0.05, 0.1) is 11.6 Å². The zero-order valence-corrected chi connectivity index (χ0v) is 13.8. The molecule has 1 atom stereocenters. The monoisotopic (exact) mass is 324 g/mol. The summed E-state index contributed by atoms with van der Waals surface area (Å²) in [6.45, 7) is 4.27. The van der Waals surface area contributed by atoms with E-state index in [4.69, 9.17) is 4.42 Å². The van der Waals surface area contributed by atoms with Crippen LogP contribution in [0.5, 0.6) is 0 Å². The molecule has 5 nitrogen and oxygen atoms in total. The molecule has 2 aromatic carbocycles. The Morgan fingerprint density at radius 1 is 1.17 bits per heavy atom. The van der Waals surface area contributed by atoms with E-state index in [0.717, 1.165) is 11.1 Å². The molecule has 0 saturated heterocycles. The predicted molar refractivity (Wildman–Crippen MR) is 92.8 cm³/mol. The van der Waals surface area contributed by atoms with Gasteiger partial charge in [0.25, 0.3) is 0 Å². The van der Waals surface area contributed by atoms with Crippen molar-refractivity contribution in [3.05, 3.63) is 70.2 Å². The van der Waals surface area contributed by atoms with E-state index in [9.17, 15) is 9.59 Å². The molecule has 1 amide bonds. The molecule has 5 heteroatoms. The standard InChI is InChI=1S/C19H20N2O3/c1-13-7-3-4-8-15(13)14(2)20-18(22)11-12-21-16-9-5-6-10-17(16)24-19(21)23/h3-10,14H,11-12H2,1-2H3,(H,20,22). The van der Waals surface area contributed by atoms with E-state index >= 15 is 0 Å². The van der Waals surface area contributed by atoms with Crippen molar-refractivity contribution in [2.24, 2.45) is 0 Å². The molecule has 1 heterocycles. The minimum atomic E-state index is -0.434. The Morgan fingerprint density at radius 3 is 2.67 bits per heavy atom. The molecule has 1 N–H and O–H groups in total. The number of oxazole rings is 1. The number of aryl methyl sites for hydroxylation is 2. The number of benzene rings is 2. The highest BCUT2D eigenvalue weighted by Gasteiger charge is 2.13. The van der Waals surface area contributed by atoms with Crippen molar-refractivity contribution in [2.75, 3.05) is 0 Å². The molecule has 24 heavy (non-hydrogen) atoms. The summed E-state index contributed by atoms with van der Waals surface area (Å²) in [7, 11) is 0. The molecule has 0 saturated carbocycles. The highest BCUT2D eigenvalue weighted by molar-refractivity contribution is 5.77. The first-order chi connectivity index (χ1) is 11.6. The lowest BCUT2D eigenvalue weighted by atomic mass is 10.0. The highest BCUT2D eigenvalue weighted by atomic mass is 16.4. The number of nitrogens with one attached hydrogen (secondary N) is 1. The largest absolute Gasteiger partial charge is 0.419 e. The lowest BCUT2D eigenvalue weighted by Crippen LogP contribution is -2.29. The van der Waals surface area contributed by atoms with E-state index < -0.39 is 5.76 Å². The van der Waals surface area contributed by atoms with Crippen LogP contribution in [-0.4, -0.2) is 10.5 Å². The molecule has 3 rings (SSSR count). The van der Waals surface area contributed by atoms with Gasteiger partial charge in [0.15, 0.2) is 5.58 Å². The Bertz CT molecular complexity index is 924. The molecule has 0 fully saturated rings. The first kappa shape index (κ1) is 16.1. The fourth-order valence-electron chi connectivity index (χ4n) is 2.90. The van der Waals surface area contributed by atoms with Gasteiger partial charge in [-0.1, -0.05) is 36.4 Å². The van der Waals surface area contributed by atoms with E-state index in [0.29, 0.717) is 17.6 Å². The minimum absolute atomic E-state index is 0.0727. The first-order valence-corrected chi connectivity index (χ1v) is 7.99. The molecular formula is C19H20N2O3. The van der Waals surface area contributed by atoms with Gasteiger partial charge in [0.1, 0.15) is 0 Å². The van der Waals surface area contributed by atoms with Gasteiger partial charge < -0.3 is 9.73 Å². The highest BCUT2D eigenvalue weighted by Crippen LogP contribution is 2.17. The summed E-state index contributed by atoms with van der Waals surface area (Å²) in [5.74, 6) is -0.529. The molecule has 0 aliphatic carbocycles. The summed E-state index contributed by atoms with van der Waals surface area (Å²) >= 11 is 0. The van der Waals surface area contributed by atoms with Crippen LogP contribution in [-0.2, 0) is 11.3 Å². The molecule has 0 aliphatic heterocycles. The van der Waals surface area contributed by atoms with Crippen LogP contribution in [0.2, 0.25) is 0 Å². The zero-order valence-electron chi connectivity index (χ0n) is 13.8. The lowest BCUT2D eigenvalue weighted by molar-refractivity contribution is -0.121. The van der Waals surface area contributed by atoms with Crippen LogP contribution in [0, 0.1) is 6.92 Å². The fourth-order valence-corrected chi connectivity index (χ4v) is 2.90. The van der Waals surface area contributed by atoms with Crippen LogP contribution < -0.4 is 11.1 Å². The molecular weight excluding hydrogens is 304 g/mol. The van der Waals surface area contributed by atoms with Gasteiger partial charge in [-0.05, 0) is 37.1 Å². The Kier molecular flexibility index (Phi) is 4.51. The predicted octanol–water partition coefficient (Wildman–Crippen LogP) is 3.17. The van der Waals surface area contributed by atoms with Gasteiger partial charge in [-0.2, -0.15) is 0 Å². The average molecular weight is 324 g/mol. The Labute approximate surface area is 139 Å². The number of carbonyl (C=O) groups is 1. The molecule has 0 aliphatic rings. The Hall–Kier alpha value is -2.82. The molecule has 1 unspecified atom stereocenters. The second-order valence-corrected chi connectivity index (χ2v) is 5.88. The summed E-state index contributed by atoms with van der Waals surface area (Å²) in [6, 6.07) is 15.1. The smallest absolute Gasteiger partial charge is 0.408 e. The number of fused-ring (bicyclic) bond motifs is 1. The summed E-state index contributed by atoms with van der Waals surface area (Å²) in [6.07, 6.45) is 0.222. The summed E-state index contributed by atoms with van der Waals surface area (Å²) < 4.78 is 6.67. The summed E-state index contributed by atoms with van der Waals surface area (Å²) in [5, 5.41) is 2.98. The van der Waals surface area contributed by atoms with Gasteiger partial charge >= 0.3 is 5.76 Å². The van der Waals surface area contributed by atoms with Crippen LogP contribution in [0.3, 0.4) is 0 Å². The van der Waals surface area contributed by atoms with Crippen LogP contribution in [0.1, 0.15) is 30.5 Å². The summed E-state index contributed by atoms with van der Waals surface area (Å²) in [4.78, 5) is 24.1. The van der Waals surface area contributed by atoms with Gasteiger partial charge in [0, 0.05) is 13.0 Å². The van der Waals surface area contributed by atoms with Crippen LogP contribution in [0.25, 0.3) is 11.1 Å². The zero-order chi connectivity index (χ0) is 17.1. The van der Waals surface area contributed by atoms with Crippen LogP contribution in [0.15, 0.2) is 57.7 Å². The van der Waals surface area contributed by atoms with Gasteiger partial charge in [-0.15, -0.1) is 0 Å². The topological polar surface area (TPSA) is 64.2 Å². The molecule has 0 radical (unpaired) electrons. The number of hydrogen-bond acceptors (Lipinski definition) is 3. The maximum Gasteiger partial charge on any atom is 0.419 e. The van der Waals surface area contributed by atoms with Crippen molar-refractivity contribution in [2.45, 2.75) is 32.9 Å². The second kappa shape index (κ2) is 6.74. The van der Waals surface area contributed by atoms with Crippen LogP contribution in [0.4, 0.5) is 0 Å². The fraction of sp³-hybridized carbons (Fsp3) is 0.263. The minimum Gasteiger partial charge on any atom is -0.408 e. The second-order valence-electron chi connectivity index (χ2n) is 5.88. The van der Waals surface area contributed by atoms with E-state index in [2.05, 4.69) is 5.32 Å². The number of nitrogens with zero attached hydrogens (tertiary/aromatic N) is 1. The normalized spacial score (nSPS) is 12.2. The first-order valence-electron chi connectivity index (χ1n) is 7.99. The number of hydrogen-bond donors (Lipinski definition) is 1. The average Bonchev–Trinajstić information content (AvgIpc) is 2.88. The molecule has 3 aromatic rings. The third-order valence-corrected chi connectivity index (χ3v) is 4.17. The van der Waals surface area contributed by atoms with Crippen molar-refractivity contribution >= 4 is 17.0 Å². The lowest BCUT2D eigenvalue weighted by Gasteiger charge is -2.16. The van der Waals surface area contributed by atoms with Gasteiger partial charge in [-0.3, -0.25) is 9.36 Å². The van der Waals surface area contributed by atoms with E-state index in [1.165, 1.54) is 4.57 Å². The summed E-state index contributed by atoms with van der Waals surface area (Å²) in [5.41, 5.74) is 3.48.